The monoisotopic (exact) mass is 265 g/mol. The predicted molar refractivity (Wildman–Crippen MR) is 78.4 cm³/mol. The van der Waals surface area contributed by atoms with Crippen LogP contribution < -0.4 is 5.32 Å². The molecule has 1 aromatic rings. The van der Waals surface area contributed by atoms with E-state index in [-0.39, 0.29) is 12.6 Å². The lowest BCUT2D eigenvalue weighted by Crippen LogP contribution is -2.35. The molecular weight excluding hydrogens is 242 g/mol. The van der Waals surface area contributed by atoms with E-state index in [0.717, 1.165) is 18.7 Å². The molecule has 0 fully saturated rings. The van der Waals surface area contributed by atoms with E-state index in [4.69, 9.17) is 0 Å². The molecule has 3 heteroatoms. The van der Waals surface area contributed by atoms with Crippen molar-refractivity contribution in [3.8, 4) is 0 Å². The smallest absolute Gasteiger partial charge is 0.0592 e. The number of thioether (sulfide) groups is 1. The summed E-state index contributed by atoms with van der Waals surface area (Å²) >= 11 is 1.85. The number of rotatable bonds is 7. The summed E-state index contributed by atoms with van der Waals surface area (Å²) in [7, 11) is 0. The third kappa shape index (κ3) is 3.74. The molecule has 1 unspecified atom stereocenters. The highest BCUT2D eigenvalue weighted by Gasteiger charge is 2.12. The lowest BCUT2D eigenvalue weighted by atomic mass is 10.1. The van der Waals surface area contributed by atoms with Crippen LogP contribution in [0.2, 0.25) is 0 Å². The van der Waals surface area contributed by atoms with Gasteiger partial charge in [-0.15, -0.1) is 11.8 Å². The highest BCUT2D eigenvalue weighted by molar-refractivity contribution is 7.99. The summed E-state index contributed by atoms with van der Waals surface area (Å²) in [5.41, 5.74) is 3.06. The van der Waals surface area contributed by atoms with Gasteiger partial charge in [-0.3, -0.25) is 0 Å². The molecule has 2 N–H and O–H groups in total. The maximum absolute atomic E-state index is 9.31. The first kappa shape index (κ1) is 13.9. The Morgan fingerprint density at radius 1 is 1.33 bits per heavy atom. The first-order valence-corrected chi connectivity index (χ1v) is 7.91. The van der Waals surface area contributed by atoms with E-state index in [1.54, 1.807) is 0 Å². The van der Waals surface area contributed by atoms with E-state index in [1.165, 1.54) is 35.3 Å². The van der Waals surface area contributed by atoms with Gasteiger partial charge in [0.25, 0.3) is 0 Å². The first-order chi connectivity index (χ1) is 8.83. The van der Waals surface area contributed by atoms with Crippen molar-refractivity contribution in [1.82, 2.24) is 5.32 Å². The molecule has 1 aliphatic carbocycles. The second-order valence-corrected chi connectivity index (χ2v) is 6.02. The average molecular weight is 265 g/mol. The first-order valence-electron chi connectivity index (χ1n) is 6.92. The van der Waals surface area contributed by atoms with Gasteiger partial charge in [-0.1, -0.05) is 13.0 Å². The summed E-state index contributed by atoms with van der Waals surface area (Å²) in [6.45, 7) is 3.35. The molecule has 2 nitrogen and oxygen atoms in total. The van der Waals surface area contributed by atoms with Crippen LogP contribution in [0.3, 0.4) is 0 Å². The number of fused-ring (bicyclic) bond motifs is 1. The van der Waals surface area contributed by atoms with Gasteiger partial charge in [0, 0.05) is 16.7 Å². The van der Waals surface area contributed by atoms with Crippen molar-refractivity contribution in [2.75, 3.05) is 18.9 Å². The van der Waals surface area contributed by atoms with E-state index in [9.17, 15) is 5.11 Å². The zero-order valence-corrected chi connectivity index (χ0v) is 11.9. The Morgan fingerprint density at radius 2 is 2.17 bits per heavy atom. The third-order valence-electron chi connectivity index (χ3n) is 3.42. The van der Waals surface area contributed by atoms with Gasteiger partial charge >= 0.3 is 0 Å². The maximum atomic E-state index is 9.31. The van der Waals surface area contributed by atoms with E-state index < -0.39 is 0 Å². The fourth-order valence-electron chi connectivity index (χ4n) is 2.36. The Balaban J connectivity index is 1.85. The van der Waals surface area contributed by atoms with Crippen LogP contribution in [0.5, 0.6) is 0 Å². The van der Waals surface area contributed by atoms with Gasteiger partial charge in [0.05, 0.1) is 6.61 Å². The van der Waals surface area contributed by atoms with Crippen molar-refractivity contribution in [2.24, 2.45) is 0 Å². The Kier molecular flexibility index (Phi) is 5.54. The minimum absolute atomic E-state index is 0.211. The van der Waals surface area contributed by atoms with Crippen molar-refractivity contribution in [3.63, 3.8) is 0 Å². The molecule has 0 aliphatic heterocycles. The van der Waals surface area contributed by atoms with Gasteiger partial charge in [0.2, 0.25) is 0 Å². The Hall–Kier alpha value is -0.510. The standard InChI is InChI=1S/C15H23NOS/c1-2-8-16-14(10-17)11-18-15-7-6-12-4-3-5-13(12)9-15/h6-7,9,14,16-17H,2-5,8,10-11H2,1H3. The average Bonchev–Trinajstić information content (AvgIpc) is 2.86. The fraction of sp³-hybridized carbons (Fsp3) is 0.600. The zero-order valence-electron chi connectivity index (χ0n) is 11.1. The van der Waals surface area contributed by atoms with Crippen LogP contribution in [0.4, 0.5) is 0 Å². The number of benzene rings is 1. The van der Waals surface area contributed by atoms with Crippen LogP contribution in [0.15, 0.2) is 23.1 Å². The largest absolute Gasteiger partial charge is 0.395 e. The molecular formula is C15H23NOS. The van der Waals surface area contributed by atoms with Crippen molar-refractivity contribution < 1.29 is 5.11 Å². The van der Waals surface area contributed by atoms with Crippen LogP contribution in [0.1, 0.15) is 30.9 Å². The molecule has 1 atom stereocenters. The number of aliphatic hydroxyl groups is 1. The normalized spacial score (nSPS) is 15.7. The second-order valence-electron chi connectivity index (χ2n) is 4.93. The van der Waals surface area contributed by atoms with Gasteiger partial charge in [-0.2, -0.15) is 0 Å². The number of nitrogens with one attached hydrogen (secondary N) is 1. The van der Waals surface area contributed by atoms with Crippen LogP contribution in [-0.4, -0.2) is 30.1 Å². The molecule has 0 radical (unpaired) electrons. The topological polar surface area (TPSA) is 32.3 Å². The van der Waals surface area contributed by atoms with Crippen molar-refractivity contribution >= 4 is 11.8 Å². The van der Waals surface area contributed by atoms with Crippen molar-refractivity contribution in [3.05, 3.63) is 29.3 Å². The predicted octanol–water partition coefficient (Wildman–Crippen LogP) is 2.63. The molecule has 2 rings (SSSR count). The van der Waals surface area contributed by atoms with Crippen LogP contribution >= 0.6 is 11.8 Å². The van der Waals surface area contributed by atoms with Crippen LogP contribution in [-0.2, 0) is 12.8 Å². The molecule has 0 saturated carbocycles. The highest BCUT2D eigenvalue weighted by Crippen LogP contribution is 2.27. The molecule has 0 saturated heterocycles. The van der Waals surface area contributed by atoms with Crippen molar-refractivity contribution in [2.45, 2.75) is 43.5 Å². The van der Waals surface area contributed by atoms with E-state index in [2.05, 4.69) is 30.4 Å². The summed E-state index contributed by atoms with van der Waals surface area (Å²) in [6.07, 6.45) is 4.90. The summed E-state index contributed by atoms with van der Waals surface area (Å²) in [5.74, 6) is 0.940. The molecule has 0 aromatic heterocycles. The number of hydrogen-bond donors (Lipinski definition) is 2. The minimum Gasteiger partial charge on any atom is -0.395 e. The van der Waals surface area contributed by atoms with Crippen LogP contribution in [0.25, 0.3) is 0 Å². The molecule has 1 aliphatic rings. The quantitative estimate of drug-likeness (QED) is 0.743. The number of aliphatic hydroxyl groups excluding tert-OH is 1. The van der Waals surface area contributed by atoms with E-state index in [0.29, 0.717) is 0 Å². The van der Waals surface area contributed by atoms with Gasteiger partial charge < -0.3 is 10.4 Å². The Bertz CT molecular complexity index is 381. The zero-order chi connectivity index (χ0) is 12.8. The van der Waals surface area contributed by atoms with Gasteiger partial charge in [0.15, 0.2) is 0 Å². The van der Waals surface area contributed by atoms with E-state index >= 15 is 0 Å². The maximum Gasteiger partial charge on any atom is 0.0592 e. The van der Waals surface area contributed by atoms with Gasteiger partial charge in [-0.25, -0.2) is 0 Å². The molecule has 0 amide bonds. The molecule has 0 heterocycles. The molecule has 0 bridgehead atoms. The number of hydrogen-bond acceptors (Lipinski definition) is 3. The highest BCUT2D eigenvalue weighted by atomic mass is 32.2. The van der Waals surface area contributed by atoms with Crippen molar-refractivity contribution in [1.29, 1.82) is 0 Å². The Labute approximate surface area is 114 Å². The molecule has 18 heavy (non-hydrogen) atoms. The van der Waals surface area contributed by atoms with Gasteiger partial charge in [0.1, 0.15) is 0 Å². The van der Waals surface area contributed by atoms with E-state index in [1.807, 2.05) is 11.8 Å². The molecule has 0 spiro atoms. The summed E-state index contributed by atoms with van der Waals surface area (Å²) in [5, 5.41) is 12.7. The summed E-state index contributed by atoms with van der Waals surface area (Å²) in [6, 6.07) is 7.05. The fourth-order valence-corrected chi connectivity index (χ4v) is 3.37. The third-order valence-corrected chi connectivity index (χ3v) is 4.58. The lowest BCUT2D eigenvalue weighted by molar-refractivity contribution is 0.254. The molecule has 1 aromatic carbocycles. The minimum atomic E-state index is 0.211. The second kappa shape index (κ2) is 7.17. The summed E-state index contributed by atoms with van der Waals surface area (Å²) in [4.78, 5) is 1.34. The van der Waals surface area contributed by atoms with Crippen LogP contribution in [0, 0.1) is 0 Å². The number of aryl methyl sites for hydroxylation is 2. The SMILES string of the molecule is CCCNC(CO)CSc1ccc2c(c1)CCC2. The van der Waals surface area contributed by atoms with Gasteiger partial charge in [-0.05, 0) is 55.5 Å². The Morgan fingerprint density at radius 3 is 2.94 bits per heavy atom. The lowest BCUT2D eigenvalue weighted by Gasteiger charge is -2.15. The summed E-state index contributed by atoms with van der Waals surface area (Å²) < 4.78 is 0. The molecule has 100 valence electrons.